The molecule has 0 amide bonds. The number of benzene rings is 1. The van der Waals surface area contributed by atoms with Gasteiger partial charge >= 0.3 is 6.16 Å². The van der Waals surface area contributed by atoms with Crippen molar-refractivity contribution in [2.75, 3.05) is 20.3 Å². The standard InChI is InChI=1S/C24H33FN2O9/c1-6-33-17-8-7-14(10-16(17)25)9-15-13(4)27(12(2)3)26-22(15)36-23-21(30)20(29)19(28)18(35-23)11-34-24(31)32-5/h7-8,10,12,18-21,23,28-30H,6,9,11H2,1-5H3/t18-,19-,20+,21-,23+/m1/s1. The van der Waals surface area contributed by atoms with E-state index in [1.54, 1.807) is 23.7 Å². The van der Waals surface area contributed by atoms with Gasteiger partial charge in [-0.05, 0) is 45.4 Å². The first-order valence-electron chi connectivity index (χ1n) is 11.6. The fraction of sp³-hybridized carbons (Fsp3) is 0.583. The SMILES string of the molecule is CCOc1ccc(Cc2c(O[C@@H]3O[C@H](COC(=O)OC)[C@@H](O)[C@H](O)[C@H]3O)nn(C(C)C)c2C)cc1F. The van der Waals surface area contributed by atoms with Crippen LogP contribution < -0.4 is 9.47 Å². The zero-order chi connectivity index (χ0) is 26.6. The molecule has 2 aromatic rings. The van der Waals surface area contributed by atoms with E-state index in [0.717, 1.165) is 12.8 Å². The second kappa shape index (κ2) is 11.9. The molecule has 0 bridgehead atoms. The summed E-state index contributed by atoms with van der Waals surface area (Å²) in [4.78, 5) is 11.3. The highest BCUT2D eigenvalue weighted by molar-refractivity contribution is 5.59. The molecule has 36 heavy (non-hydrogen) atoms. The number of aliphatic hydroxyl groups excluding tert-OH is 3. The van der Waals surface area contributed by atoms with Gasteiger partial charge in [0.15, 0.2) is 11.6 Å². The van der Waals surface area contributed by atoms with Crippen LogP contribution in [0.5, 0.6) is 11.6 Å². The first-order chi connectivity index (χ1) is 17.1. The number of hydrogen-bond acceptors (Lipinski definition) is 10. The number of rotatable bonds is 9. The predicted octanol–water partition coefficient (Wildman–Crippen LogP) is 1.87. The van der Waals surface area contributed by atoms with Crippen molar-refractivity contribution in [1.82, 2.24) is 9.78 Å². The Bertz CT molecular complexity index is 1040. The number of aliphatic hydroxyl groups is 3. The molecule has 1 aromatic heterocycles. The topological polar surface area (TPSA) is 142 Å². The number of carbonyl (C=O) groups is 1. The third-order valence-electron chi connectivity index (χ3n) is 5.83. The van der Waals surface area contributed by atoms with Crippen LogP contribution in [0.25, 0.3) is 0 Å². The molecule has 1 aliphatic heterocycles. The Morgan fingerprint density at radius 2 is 1.94 bits per heavy atom. The van der Waals surface area contributed by atoms with Gasteiger partial charge in [0.25, 0.3) is 0 Å². The van der Waals surface area contributed by atoms with E-state index < -0.39 is 49.3 Å². The maximum Gasteiger partial charge on any atom is 0.508 e. The predicted molar refractivity (Wildman–Crippen MR) is 123 cm³/mol. The number of ether oxygens (including phenoxy) is 5. The summed E-state index contributed by atoms with van der Waals surface area (Å²) in [6, 6.07) is 4.61. The van der Waals surface area contributed by atoms with Crippen LogP contribution in [-0.2, 0) is 20.6 Å². The molecule has 11 nitrogen and oxygen atoms in total. The van der Waals surface area contributed by atoms with Crippen LogP contribution in [0.1, 0.15) is 43.6 Å². The Labute approximate surface area is 208 Å². The zero-order valence-corrected chi connectivity index (χ0v) is 20.9. The summed E-state index contributed by atoms with van der Waals surface area (Å²) in [5.74, 6) is -0.239. The molecule has 200 valence electrons. The number of nitrogens with zero attached hydrogens (tertiary/aromatic N) is 2. The Hall–Kier alpha value is -2.93. The maximum absolute atomic E-state index is 14.4. The van der Waals surface area contributed by atoms with Gasteiger partial charge in [0.05, 0.1) is 13.7 Å². The minimum Gasteiger partial charge on any atom is -0.491 e. The Balaban J connectivity index is 1.87. The van der Waals surface area contributed by atoms with E-state index in [-0.39, 0.29) is 24.1 Å². The number of halogens is 1. The van der Waals surface area contributed by atoms with Gasteiger partial charge in [-0.1, -0.05) is 6.07 Å². The van der Waals surface area contributed by atoms with Gasteiger partial charge in [-0.3, -0.25) is 4.68 Å². The van der Waals surface area contributed by atoms with E-state index in [9.17, 15) is 24.5 Å². The highest BCUT2D eigenvalue weighted by atomic mass is 19.1. The third-order valence-corrected chi connectivity index (χ3v) is 5.83. The number of hydrogen-bond donors (Lipinski definition) is 3. The van der Waals surface area contributed by atoms with Gasteiger partial charge in [-0.2, -0.15) is 0 Å². The van der Waals surface area contributed by atoms with E-state index in [1.807, 2.05) is 20.8 Å². The van der Waals surface area contributed by atoms with E-state index >= 15 is 0 Å². The smallest absolute Gasteiger partial charge is 0.491 e. The first kappa shape index (κ1) is 27.7. The summed E-state index contributed by atoms with van der Waals surface area (Å²) in [6.45, 7) is 7.35. The van der Waals surface area contributed by atoms with Crippen LogP contribution in [0.2, 0.25) is 0 Å². The number of carbonyl (C=O) groups excluding carboxylic acids is 1. The molecular formula is C24H33FN2O9. The van der Waals surface area contributed by atoms with Crippen LogP contribution in [0.3, 0.4) is 0 Å². The summed E-state index contributed by atoms with van der Waals surface area (Å²) in [6.07, 6.45) is -8.22. The second-order valence-corrected chi connectivity index (χ2v) is 8.68. The number of aromatic nitrogens is 2. The number of methoxy groups -OCH3 is 1. The van der Waals surface area contributed by atoms with Crippen LogP contribution >= 0.6 is 0 Å². The highest BCUT2D eigenvalue weighted by Gasteiger charge is 2.46. The van der Waals surface area contributed by atoms with Crippen LogP contribution in [0.15, 0.2) is 18.2 Å². The van der Waals surface area contributed by atoms with Gasteiger partial charge in [-0.25, -0.2) is 9.18 Å². The van der Waals surface area contributed by atoms with Crippen LogP contribution in [0, 0.1) is 12.7 Å². The average molecular weight is 513 g/mol. The molecule has 0 saturated carbocycles. The molecule has 3 N–H and O–H groups in total. The van der Waals surface area contributed by atoms with Crippen molar-refractivity contribution in [1.29, 1.82) is 0 Å². The van der Waals surface area contributed by atoms with E-state index in [2.05, 4.69) is 9.84 Å². The van der Waals surface area contributed by atoms with Gasteiger partial charge in [-0.15, -0.1) is 5.10 Å². The Morgan fingerprint density at radius 1 is 1.22 bits per heavy atom. The first-order valence-corrected chi connectivity index (χ1v) is 11.6. The molecule has 0 spiro atoms. The van der Waals surface area contributed by atoms with Gasteiger partial charge < -0.3 is 39.0 Å². The van der Waals surface area contributed by atoms with Crippen LogP contribution in [0.4, 0.5) is 9.18 Å². The summed E-state index contributed by atoms with van der Waals surface area (Å²) in [7, 11) is 1.12. The molecule has 0 radical (unpaired) electrons. The quantitative estimate of drug-likeness (QED) is 0.426. The summed E-state index contributed by atoms with van der Waals surface area (Å²) >= 11 is 0. The monoisotopic (exact) mass is 512 g/mol. The van der Waals surface area contributed by atoms with Gasteiger partial charge in [0.2, 0.25) is 12.2 Å². The Morgan fingerprint density at radius 3 is 2.56 bits per heavy atom. The molecule has 1 aliphatic rings. The van der Waals surface area contributed by atoms with E-state index in [4.69, 9.17) is 18.9 Å². The van der Waals surface area contributed by atoms with Crippen molar-refractivity contribution >= 4 is 6.16 Å². The van der Waals surface area contributed by atoms with Gasteiger partial charge in [0.1, 0.15) is 31.0 Å². The molecule has 1 fully saturated rings. The van der Waals surface area contributed by atoms with Crippen molar-refractivity contribution in [3.63, 3.8) is 0 Å². The molecule has 3 rings (SSSR count). The van der Waals surface area contributed by atoms with Crippen molar-refractivity contribution in [2.45, 2.75) is 70.9 Å². The lowest BCUT2D eigenvalue weighted by Crippen LogP contribution is -2.60. The fourth-order valence-corrected chi connectivity index (χ4v) is 3.93. The maximum atomic E-state index is 14.4. The molecule has 12 heteroatoms. The average Bonchev–Trinajstić information content (AvgIpc) is 3.15. The van der Waals surface area contributed by atoms with Crippen molar-refractivity contribution in [3.05, 3.63) is 40.8 Å². The lowest BCUT2D eigenvalue weighted by Gasteiger charge is -2.39. The molecule has 0 unspecified atom stereocenters. The molecule has 1 saturated heterocycles. The van der Waals surface area contributed by atoms with Gasteiger partial charge in [0, 0.05) is 23.7 Å². The Kier molecular flexibility index (Phi) is 9.12. The van der Waals surface area contributed by atoms with Crippen molar-refractivity contribution in [2.24, 2.45) is 0 Å². The van der Waals surface area contributed by atoms with Crippen molar-refractivity contribution in [3.8, 4) is 11.6 Å². The second-order valence-electron chi connectivity index (χ2n) is 8.68. The largest absolute Gasteiger partial charge is 0.508 e. The molecule has 5 atom stereocenters. The minimum atomic E-state index is -1.65. The fourth-order valence-electron chi connectivity index (χ4n) is 3.93. The molecule has 1 aromatic carbocycles. The lowest BCUT2D eigenvalue weighted by molar-refractivity contribution is -0.278. The zero-order valence-electron chi connectivity index (χ0n) is 20.9. The molecule has 2 heterocycles. The normalized spacial score (nSPS) is 24.0. The van der Waals surface area contributed by atoms with E-state index in [1.165, 1.54) is 6.07 Å². The minimum absolute atomic E-state index is 0.0380. The summed E-state index contributed by atoms with van der Waals surface area (Å²) in [5, 5.41) is 35.6. The third kappa shape index (κ3) is 6.06. The van der Waals surface area contributed by atoms with E-state index in [0.29, 0.717) is 17.7 Å². The molecule has 0 aliphatic carbocycles. The summed E-state index contributed by atoms with van der Waals surface area (Å²) < 4.78 is 42.2. The van der Waals surface area contributed by atoms with Crippen molar-refractivity contribution < 1.29 is 48.2 Å². The van der Waals surface area contributed by atoms with Crippen LogP contribution in [-0.4, -0.2) is 82.3 Å². The highest BCUT2D eigenvalue weighted by Crippen LogP contribution is 2.31. The molecular weight excluding hydrogens is 479 g/mol. The lowest BCUT2D eigenvalue weighted by atomic mass is 9.99. The summed E-state index contributed by atoms with van der Waals surface area (Å²) in [5.41, 5.74) is 2.01.